The Labute approximate surface area is 127 Å². The van der Waals surface area contributed by atoms with Crippen LogP contribution in [-0.2, 0) is 4.74 Å². The molecule has 5 heteroatoms. The quantitative estimate of drug-likeness (QED) is 0.808. The first-order valence-corrected chi connectivity index (χ1v) is 8.31. The van der Waals surface area contributed by atoms with Gasteiger partial charge in [0.15, 0.2) is 0 Å². The van der Waals surface area contributed by atoms with Gasteiger partial charge in [-0.25, -0.2) is 0 Å². The molecular weight excluding hydrogens is 298 g/mol. The van der Waals surface area contributed by atoms with Crippen LogP contribution in [0.1, 0.15) is 29.1 Å². The van der Waals surface area contributed by atoms with Gasteiger partial charge in [0.2, 0.25) is 0 Å². The molecule has 2 aromatic rings. The standard InChI is InChI=1S/C14H18ClNOS2/c1-10(7-8-17-2)16-14(11-4-3-9-18-11)12-5-6-13(15)19-12/h3-6,9-10,14,16H,7-8H2,1-2H3. The van der Waals surface area contributed by atoms with Gasteiger partial charge in [0.25, 0.3) is 0 Å². The Morgan fingerprint density at radius 1 is 1.32 bits per heavy atom. The number of hydrogen-bond donors (Lipinski definition) is 1. The van der Waals surface area contributed by atoms with E-state index in [0.29, 0.717) is 6.04 Å². The Hall–Kier alpha value is -0.390. The summed E-state index contributed by atoms with van der Waals surface area (Å²) >= 11 is 9.47. The van der Waals surface area contributed by atoms with Crippen molar-refractivity contribution in [3.8, 4) is 0 Å². The molecule has 2 heterocycles. The highest BCUT2D eigenvalue weighted by Crippen LogP contribution is 2.33. The first kappa shape index (κ1) is 15.0. The molecule has 104 valence electrons. The van der Waals surface area contributed by atoms with E-state index in [2.05, 4.69) is 35.8 Å². The number of halogens is 1. The van der Waals surface area contributed by atoms with E-state index in [-0.39, 0.29) is 6.04 Å². The molecule has 2 rings (SSSR count). The number of methoxy groups -OCH3 is 1. The highest BCUT2D eigenvalue weighted by molar-refractivity contribution is 7.16. The molecule has 0 fully saturated rings. The fourth-order valence-corrected chi connectivity index (χ4v) is 3.92. The Morgan fingerprint density at radius 2 is 2.16 bits per heavy atom. The van der Waals surface area contributed by atoms with E-state index in [1.54, 1.807) is 29.8 Å². The van der Waals surface area contributed by atoms with E-state index in [1.807, 2.05) is 6.07 Å². The molecule has 0 radical (unpaired) electrons. The lowest BCUT2D eigenvalue weighted by molar-refractivity contribution is 0.183. The van der Waals surface area contributed by atoms with Crippen molar-refractivity contribution in [1.29, 1.82) is 0 Å². The smallest absolute Gasteiger partial charge is 0.0931 e. The minimum absolute atomic E-state index is 0.226. The summed E-state index contributed by atoms with van der Waals surface area (Å²) < 4.78 is 5.97. The van der Waals surface area contributed by atoms with Crippen LogP contribution < -0.4 is 5.32 Å². The van der Waals surface area contributed by atoms with E-state index >= 15 is 0 Å². The molecule has 19 heavy (non-hydrogen) atoms. The molecule has 0 amide bonds. The summed E-state index contributed by atoms with van der Waals surface area (Å²) in [6.07, 6.45) is 0.998. The Morgan fingerprint density at radius 3 is 2.74 bits per heavy atom. The molecule has 2 aromatic heterocycles. The van der Waals surface area contributed by atoms with Crippen molar-refractivity contribution in [3.05, 3.63) is 43.7 Å². The summed E-state index contributed by atoms with van der Waals surface area (Å²) in [5.41, 5.74) is 0. The third kappa shape index (κ3) is 4.29. The number of ether oxygens (including phenoxy) is 1. The van der Waals surface area contributed by atoms with E-state index in [9.17, 15) is 0 Å². The van der Waals surface area contributed by atoms with E-state index < -0.39 is 0 Å². The maximum atomic E-state index is 6.06. The van der Waals surface area contributed by atoms with Gasteiger partial charge in [-0.05, 0) is 36.9 Å². The highest BCUT2D eigenvalue weighted by Gasteiger charge is 2.19. The lowest BCUT2D eigenvalue weighted by atomic mass is 10.1. The average molecular weight is 316 g/mol. The van der Waals surface area contributed by atoms with Crippen molar-refractivity contribution in [2.24, 2.45) is 0 Å². The molecule has 0 aromatic carbocycles. The molecule has 0 spiro atoms. The van der Waals surface area contributed by atoms with E-state index in [0.717, 1.165) is 17.4 Å². The predicted octanol–water partition coefficient (Wildman–Crippen LogP) is 4.57. The zero-order valence-electron chi connectivity index (χ0n) is 11.1. The average Bonchev–Trinajstić information content (AvgIpc) is 3.04. The van der Waals surface area contributed by atoms with Gasteiger partial charge in [0.05, 0.1) is 10.4 Å². The van der Waals surface area contributed by atoms with Gasteiger partial charge in [-0.15, -0.1) is 22.7 Å². The lowest BCUT2D eigenvalue weighted by Gasteiger charge is -2.21. The number of rotatable bonds is 7. The van der Waals surface area contributed by atoms with Crippen LogP contribution in [0.25, 0.3) is 0 Å². The predicted molar refractivity (Wildman–Crippen MR) is 84.6 cm³/mol. The molecule has 0 aliphatic carbocycles. The third-order valence-electron chi connectivity index (χ3n) is 2.91. The fraction of sp³-hybridized carbons (Fsp3) is 0.429. The normalized spacial score (nSPS) is 14.5. The number of thiophene rings is 2. The van der Waals surface area contributed by atoms with Crippen molar-refractivity contribution in [3.63, 3.8) is 0 Å². The van der Waals surface area contributed by atoms with Gasteiger partial charge < -0.3 is 10.1 Å². The lowest BCUT2D eigenvalue weighted by Crippen LogP contribution is -2.31. The Bertz CT molecular complexity index is 483. The minimum Gasteiger partial charge on any atom is -0.385 e. The van der Waals surface area contributed by atoms with Crippen molar-refractivity contribution >= 4 is 34.3 Å². The van der Waals surface area contributed by atoms with E-state index in [1.165, 1.54) is 9.75 Å². The minimum atomic E-state index is 0.226. The van der Waals surface area contributed by atoms with Gasteiger partial charge in [-0.2, -0.15) is 0 Å². The van der Waals surface area contributed by atoms with Crippen LogP contribution in [0.4, 0.5) is 0 Å². The van der Waals surface area contributed by atoms with Gasteiger partial charge in [-0.1, -0.05) is 17.7 Å². The first-order chi connectivity index (χ1) is 9.20. The molecule has 1 N–H and O–H groups in total. The van der Waals surface area contributed by atoms with Crippen molar-refractivity contribution in [2.75, 3.05) is 13.7 Å². The number of nitrogens with one attached hydrogen (secondary N) is 1. The van der Waals surface area contributed by atoms with Crippen LogP contribution in [0.15, 0.2) is 29.6 Å². The highest BCUT2D eigenvalue weighted by atomic mass is 35.5. The summed E-state index contributed by atoms with van der Waals surface area (Å²) in [6.45, 7) is 2.96. The van der Waals surface area contributed by atoms with Crippen LogP contribution in [-0.4, -0.2) is 19.8 Å². The van der Waals surface area contributed by atoms with Crippen LogP contribution in [0.3, 0.4) is 0 Å². The van der Waals surface area contributed by atoms with Crippen molar-refractivity contribution < 1.29 is 4.74 Å². The zero-order valence-corrected chi connectivity index (χ0v) is 13.4. The van der Waals surface area contributed by atoms with Gasteiger partial charge in [0.1, 0.15) is 0 Å². The van der Waals surface area contributed by atoms with Gasteiger partial charge in [0, 0.05) is 29.5 Å². The molecule has 0 saturated carbocycles. The number of hydrogen-bond acceptors (Lipinski definition) is 4. The fourth-order valence-electron chi connectivity index (χ4n) is 1.91. The van der Waals surface area contributed by atoms with Crippen LogP contribution in [0.2, 0.25) is 4.34 Å². The van der Waals surface area contributed by atoms with Crippen molar-refractivity contribution in [1.82, 2.24) is 5.32 Å². The second-order valence-corrected chi connectivity index (χ2v) is 7.17. The Balaban J connectivity index is 2.11. The Kier molecular flexibility index (Phi) is 5.85. The molecule has 0 aliphatic rings. The third-order valence-corrected chi connectivity index (χ3v) is 5.15. The van der Waals surface area contributed by atoms with Gasteiger partial charge in [-0.3, -0.25) is 0 Å². The monoisotopic (exact) mass is 315 g/mol. The van der Waals surface area contributed by atoms with Crippen LogP contribution in [0.5, 0.6) is 0 Å². The molecule has 0 saturated heterocycles. The summed E-state index contributed by atoms with van der Waals surface area (Å²) in [4.78, 5) is 2.58. The summed E-state index contributed by atoms with van der Waals surface area (Å²) in [5.74, 6) is 0. The molecule has 2 atom stereocenters. The van der Waals surface area contributed by atoms with Crippen LogP contribution >= 0.6 is 34.3 Å². The van der Waals surface area contributed by atoms with Crippen LogP contribution in [0, 0.1) is 0 Å². The topological polar surface area (TPSA) is 21.3 Å². The first-order valence-electron chi connectivity index (χ1n) is 6.24. The summed E-state index contributed by atoms with van der Waals surface area (Å²) in [7, 11) is 1.74. The van der Waals surface area contributed by atoms with E-state index in [4.69, 9.17) is 16.3 Å². The SMILES string of the molecule is COCCC(C)NC(c1cccs1)c1ccc(Cl)s1. The second-order valence-electron chi connectivity index (χ2n) is 4.44. The summed E-state index contributed by atoms with van der Waals surface area (Å²) in [5, 5.41) is 5.78. The molecular formula is C14H18ClNOS2. The molecule has 0 bridgehead atoms. The largest absolute Gasteiger partial charge is 0.385 e. The molecule has 2 nitrogen and oxygen atoms in total. The summed E-state index contributed by atoms with van der Waals surface area (Å²) in [6, 6.07) is 8.94. The maximum Gasteiger partial charge on any atom is 0.0931 e. The second kappa shape index (κ2) is 7.41. The molecule has 2 unspecified atom stereocenters. The zero-order chi connectivity index (χ0) is 13.7. The molecule has 0 aliphatic heterocycles. The maximum absolute atomic E-state index is 6.06. The van der Waals surface area contributed by atoms with Crippen molar-refractivity contribution in [2.45, 2.75) is 25.4 Å². The van der Waals surface area contributed by atoms with Gasteiger partial charge >= 0.3 is 0 Å².